The molecule has 3 rings (SSSR count). The summed E-state index contributed by atoms with van der Waals surface area (Å²) < 4.78 is 2.12. The van der Waals surface area contributed by atoms with Gasteiger partial charge in [-0.25, -0.2) is 0 Å². The SMILES string of the molecule is CCn1nccc1CN1CCC(C2CCCNC2)CC1. The maximum Gasteiger partial charge on any atom is 0.0524 e. The number of rotatable bonds is 4. The van der Waals surface area contributed by atoms with Crippen molar-refractivity contribution in [1.82, 2.24) is 20.0 Å². The van der Waals surface area contributed by atoms with Crippen LogP contribution in [-0.4, -0.2) is 40.9 Å². The Morgan fingerprint density at radius 3 is 2.80 bits per heavy atom. The summed E-state index contributed by atoms with van der Waals surface area (Å²) in [5.41, 5.74) is 1.37. The molecule has 0 spiro atoms. The molecule has 2 fully saturated rings. The average Bonchev–Trinajstić information content (AvgIpc) is 2.96. The van der Waals surface area contributed by atoms with Gasteiger partial charge in [-0.05, 0) is 76.7 Å². The number of piperidine rings is 2. The van der Waals surface area contributed by atoms with Crippen LogP contribution in [0.4, 0.5) is 0 Å². The van der Waals surface area contributed by atoms with Crippen molar-refractivity contribution in [3.63, 3.8) is 0 Å². The van der Waals surface area contributed by atoms with Crippen LogP contribution < -0.4 is 5.32 Å². The first-order valence-corrected chi connectivity index (χ1v) is 8.30. The molecule has 0 saturated carbocycles. The summed E-state index contributed by atoms with van der Waals surface area (Å²) >= 11 is 0. The molecule has 1 atom stereocenters. The monoisotopic (exact) mass is 276 g/mol. The maximum absolute atomic E-state index is 4.37. The molecule has 2 saturated heterocycles. The predicted molar refractivity (Wildman–Crippen MR) is 81.5 cm³/mol. The van der Waals surface area contributed by atoms with Crippen molar-refractivity contribution in [1.29, 1.82) is 0 Å². The van der Waals surface area contributed by atoms with E-state index in [1.807, 2.05) is 6.20 Å². The molecule has 4 heteroatoms. The van der Waals surface area contributed by atoms with E-state index in [-0.39, 0.29) is 0 Å². The van der Waals surface area contributed by atoms with E-state index in [0.717, 1.165) is 24.9 Å². The first kappa shape index (κ1) is 14.1. The van der Waals surface area contributed by atoms with Crippen molar-refractivity contribution in [2.24, 2.45) is 11.8 Å². The lowest BCUT2D eigenvalue weighted by molar-refractivity contribution is 0.126. The third-order valence-corrected chi connectivity index (χ3v) is 5.12. The fourth-order valence-corrected chi connectivity index (χ4v) is 3.87. The summed E-state index contributed by atoms with van der Waals surface area (Å²) in [6.07, 6.45) is 7.51. The second-order valence-corrected chi connectivity index (χ2v) is 6.36. The normalized spacial score (nSPS) is 25.9. The maximum atomic E-state index is 4.37. The molecule has 1 aromatic rings. The van der Waals surface area contributed by atoms with Crippen molar-refractivity contribution >= 4 is 0 Å². The van der Waals surface area contributed by atoms with E-state index in [2.05, 4.69) is 33.0 Å². The van der Waals surface area contributed by atoms with Crippen molar-refractivity contribution in [3.05, 3.63) is 18.0 Å². The van der Waals surface area contributed by atoms with Gasteiger partial charge < -0.3 is 5.32 Å². The lowest BCUT2D eigenvalue weighted by Gasteiger charge is -2.37. The lowest BCUT2D eigenvalue weighted by atomic mass is 9.80. The number of nitrogens with zero attached hydrogens (tertiary/aromatic N) is 3. The molecule has 0 radical (unpaired) electrons. The van der Waals surface area contributed by atoms with Crippen molar-refractivity contribution in [2.75, 3.05) is 26.2 Å². The molecule has 0 bridgehead atoms. The minimum Gasteiger partial charge on any atom is -0.316 e. The summed E-state index contributed by atoms with van der Waals surface area (Å²) in [7, 11) is 0. The minimum absolute atomic E-state index is 0.937. The standard InChI is InChI=1S/C16H28N4/c1-2-20-16(5-9-18-20)13-19-10-6-14(7-11-19)15-4-3-8-17-12-15/h5,9,14-15,17H,2-4,6-8,10-13H2,1H3. The van der Waals surface area contributed by atoms with Crippen LogP contribution in [0.25, 0.3) is 0 Å². The second-order valence-electron chi connectivity index (χ2n) is 6.36. The molecule has 1 aromatic heterocycles. The fraction of sp³-hybridized carbons (Fsp3) is 0.812. The van der Waals surface area contributed by atoms with E-state index < -0.39 is 0 Å². The minimum atomic E-state index is 0.937. The Morgan fingerprint density at radius 1 is 1.25 bits per heavy atom. The molecule has 2 aliphatic heterocycles. The number of hydrogen-bond donors (Lipinski definition) is 1. The Kier molecular flexibility index (Phi) is 4.73. The number of likely N-dealkylation sites (tertiary alicyclic amines) is 1. The topological polar surface area (TPSA) is 33.1 Å². The molecule has 4 nitrogen and oxygen atoms in total. The van der Waals surface area contributed by atoms with Crippen LogP contribution in [0.1, 0.15) is 38.3 Å². The summed E-state index contributed by atoms with van der Waals surface area (Å²) in [5.74, 6) is 1.89. The van der Waals surface area contributed by atoms with Crippen LogP contribution in [0.15, 0.2) is 12.3 Å². The molecule has 20 heavy (non-hydrogen) atoms. The number of aryl methyl sites for hydroxylation is 1. The van der Waals surface area contributed by atoms with Gasteiger partial charge in [0.1, 0.15) is 0 Å². The number of hydrogen-bond acceptors (Lipinski definition) is 3. The predicted octanol–water partition coefficient (Wildman–Crippen LogP) is 2.11. The van der Waals surface area contributed by atoms with Crippen LogP contribution in [-0.2, 0) is 13.1 Å². The highest BCUT2D eigenvalue weighted by molar-refractivity contribution is 5.00. The van der Waals surface area contributed by atoms with Gasteiger partial charge in [-0.1, -0.05) is 0 Å². The first-order chi connectivity index (χ1) is 9.86. The molecular formula is C16H28N4. The van der Waals surface area contributed by atoms with Crippen LogP contribution in [0, 0.1) is 11.8 Å². The lowest BCUT2D eigenvalue weighted by Crippen LogP contribution is -2.40. The van der Waals surface area contributed by atoms with Gasteiger partial charge in [0.15, 0.2) is 0 Å². The molecule has 0 amide bonds. The van der Waals surface area contributed by atoms with Gasteiger partial charge in [0.05, 0.1) is 5.69 Å². The molecule has 1 N–H and O–H groups in total. The van der Waals surface area contributed by atoms with Crippen LogP contribution in [0.3, 0.4) is 0 Å². The quantitative estimate of drug-likeness (QED) is 0.914. The first-order valence-electron chi connectivity index (χ1n) is 8.30. The van der Waals surface area contributed by atoms with Crippen molar-refractivity contribution in [3.8, 4) is 0 Å². The molecule has 0 aliphatic carbocycles. The zero-order chi connectivity index (χ0) is 13.8. The highest BCUT2D eigenvalue weighted by Crippen LogP contribution is 2.29. The highest BCUT2D eigenvalue weighted by atomic mass is 15.3. The van der Waals surface area contributed by atoms with E-state index in [0.29, 0.717) is 0 Å². The zero-order valence-corrected chi connectivity index (χ0v) is 12.7. The van der Waals surface area contributed by atoms with E-state index in [9.17, 15) is 0 Å². The van der Waals surface area contributed by atoms with Crippen molar-refractivity contribution < 1.29 is 0 Å². The third-order valence-electron chi connectivity index (χ3n) is 5.12. The Balaban J connectivity index is 1.48. The largest absolute Gasteiger partial charge is 0.316 e. The zero-order valence-electron chi connectivity index (χ0n) is 12.7. The average molecular weight is 276 g/mol. The van der Waals surface area contributed by atoms with Gasteiger partial charge in [0.2, 0.25) is 0 Å². The van der Waals surface area contributed by atoms with Gasteiger partial charge in [0.25, 0.3) is 0 Å². The van der Waals surface area contributed by atoms with Crippen LogP contribution in [0.5, 0.6) is 0 Å². The van der Waals surface area contributed by atoms with Crippen molar-refractivity contribution in [2.45, 2.75) is 45.7 Å². The smallest absolute Gasteiger partial charge is 0.0524 e. The Morgan fingerprint density at radius 2 is 2.10 bits per heavy atom. The van der Waals surface area contributed by atoms with E-state index in [4.69, 9.17) is 0 Å². The highest BCUT2D eigenvalue weighted by Gasteiger charge is 2.27. The van der Waals surface area contributed by atoms with E-state index in [1.54, 1.807) is 0 Å². The fourth-order valence-electron chi connectivity index (χ4n) is 3.87. The summed E-state index contributed by atoms with van der Waals surface area (Å²) in [6, 6.07) is 2.17. The molecule has 1 unspecified atom stereocenters. The Labute approximate surface area is 122 Å². The van der Waals surface area contributed by atoms with Gasteiger partial charge in [-0.15, -0.1) is 0 Å². The Bertz CT molecular complexity index is 400. The number of nitrogens with one attached hydrogen (secondary N) is 1. The van der Waals surface area contributed by atoms with Gasteiger partial charge in [-0.2, -0.15) is 5.10 Å². The summed E-state index contributed by atoms with van der Waals surface area (Å²) in [4.78, 5) is 2.61. The van der Waals surface area contributed by atoms with Crippen LogP contribution in [0.2, 0.25) is 0 Å². The third kappa shape index (κ3) is 3.23. The number of aromatic nitrogens is 2. The molecule has 3 heterocycles. The molecular weight excluding hydrogens is 248 g/mol. The summed E-state index contributed by atoms with van der Waals surface area (Å²) in [6.45, 7) is 9.23. The van der Waals surface area contributed by atoms with E-state index in [1.165, 1.54) is 57.6 Å². The molecule has 2 aliphatic rings. The van der Waals surface area contributed by atoms with Gasteiger partial charge >= 0.3 is 0 Å². The van der Waals surface area contributed by atoms with Crippen LogP contribution >= 0.6 is 0 Å². The Hall–Kier alpha value is -0.870. The molecule has 0 aromatic carbocycles. The van der Waals surface area contributed by atoms with Gasteiger partial charge in [0, 0.05) is 19.3 Å². The van der Waals surface area contributed by atoms with Gasteiger partial charge in [-0.3, -0.25) is 9.58 Å². The van der Waals surface area contributed by atoms with E-state index >= 15 is 0 Å². The molecule has 112 valence electrons. The summed E-state index contributed by atoms with van der Waals surface area (Å²) in [5, 5.41) is 7.94. The second kappa shape index (κ2) is 6.72.